The summed E-state index contributed by atoms with van der Waals surface area (Å²) in [6.45, 7) is 3.49. The molecule has 0 fully saturated rings. The van der Waals surface area contributed by atoms with Gasteiger partial charge in [-0.05, 0) is 43.7 Å². The summed E-state index contributed by atoms with van der Waals surface area (Å²) < 4.78 is 6.81. The maximum Gasteiger partial charge on any atom is 0.355 e. The lowest BCUT2D eigenvalue weighted by Crippen LogP contribution is -2.30. The maximum absolute atomic E-state index is 12.0. The average Bonchev–Trinajstić information content (AvgIpc) is 2.85. The van der Waals surface area contributed by atoms with Gasteiger partial charge in [0, 0.05) is 18.9 Å². The van der Waals surface area contributed by atoms with Gasteiger partial charge in [-0.15, -0.1) is 0 Å². The fourth-order valence-electron chi connectivity index (χ4n) is 1.91. The van der Waals surface area contributed by atoms with Crippen LogP contribution in [-0.2, 0) is 16.6 Å². The van der Waals surface area contributed by atoms with E-state index in [1.54, 1.807) is 42.9 Å². The molecule has 0 aliphatic rings. The molecule has 0 unspecified atom stereocenters. The quantitative estimate of drug-likeness (QED) is 0.879. The third-order valence-electron chi connectivity index (χ3n) is 3.09. The molecule has 1 N–H and O–H groups in total. The molecule has 0 aliphatic heterocycles. The number of amides is 1. The van der Waals surface area contributed by atoms with E-state index in [0.29, 0.717) is 11.4 Å². The number of carbonyl (C=O) groups excluding carboxylic acids is 2. The van der Waals surface area contributed by atoms with Crippen LogP contribution >= 0.6 is 0 Å². The Kier molecular flexibility index (Phi) is 4.42. The van der Waals surface area contributed by atoms with Crippen molar-refractivity contribution in [2.45, 2.75) is 20.0 Å². The molecule has 1 amide bonds. The molecule has 5 heteroatoms. The van der Waals surface area contributed by atoms with E-state index in [9.17, 15) is 9.59 Å². The number of benzene rings is 1. The molecular formula is C16H18N2O3. The Morgan fingerprint density at radius 1 is 1.24 bits per heavy atom. The standard InChI is InChI=1S/C16H18N2O3/c1-11-6-4-7-13(10-11)17-15(19)12(2)21-16(20)14-8-5-9-18(14)3/h4-10,12H,1-3H3,(H,17,19)/t12-/m1/s1. The van der Waals surface area contributed by atoms with Crippen LogP contribution in [0.4, 0.5) is 5.69 Å². The fraction of sp³-hybridized carbons (Fsp3) is 0.250. The van der Waals surface area contributed by atoms with E-state index in [1.807, 2.05) is 25.1 Å². The van der Waals surface area contributed by atoms with Crippen LogP contribution in [-0.4, -0.2) is 22.5 Å². The molecule has 2 rings (SSSR count). The maximum atomic E-state index is 12.0. The number of aromatic nitrogens is 1. The lowest BCUT2D eigenvalue weighted by atomic mass is 10.2. The van der Waals surface area contributed by atoms with Gasteiger partial charge < -0.3 is 14.6 Å². The zero-order valence-corrected chi connectivity index (χ0v) is 12.3. The average molecular weight is 286 g/mol. The van der Waals surface area contributed by atoms with Gasteiger partial charge in [0.05, 0.1) is 0 Å². The molecular weight excluding hydrogens is 268 g/mol. The summed E-state index contributed by atoms with van der Waals surface area (Å²) in [4.78, 5) is 23.9. The Morgan fingerprint density at radius 2 is 2.00 bits per heavy atom. The number of nitrogens with zero attached hydrogens (tertiary/aromatic N) is 1. The number of nitrogens with one attached hydrogen (secondary N) is 1. The zero-order chi connectivity index (χ0) is 15.4. The minimum atomic E-state index is -0.868. The van der Waals surface area contributed by atoms with Crippen molar-refractivity contribution in [3.63, 3.8) is 0 Å². The highest BCUT2D eigenvalue weighted by molar-refractivity contribution is 5.96. The molecule has 0 saturated heterocycles. The molecule has 0 radical (unpaired) electrons. The summed E-state index contributed by atoms with van der Waals surface area (Å²) in [6.07, 6.45) is 0.876. The highest BCUT2D eigenvalue weighted by atomic mass is 16.5. The second kappa shape index (κ2) is 6.26. The molecule has 1 atom stereocenters. The highest BCUT2D eigenvalue weighted by Crippen LogP contribution is 2.11. The van der Waals surface area contributed by atoms with Crippen molar-refractivity contribution in [2.24, 2.45) is 7.05 Å². The number of rotatable bonds is 4. The Labute approximate surface area is 123 Å². The van der Waals surface area contributed by atoms with Gasteiger partial charge in [0.25, 0.3) is 5.91 Å². The topological polar surface area (TPSA) is 60.3 Å². The Balaban J connectivity index is 1.97. The van der Waals surface area contributed by atoms with Crippen LogP contribution in [0.5, 0.6) is 0 Å². The van der Waals surface area contributed by atoms with Crippen molar-refractivity contribution in [1.29, 1.82) is 0 Å². The number of anilines is 1. The second-order valence-corrected chi connectivity index (χ2v) is 4.91. The molecule has 0 aliphatic carbocycles. The van der Waals surface area contributed by atoms with E-state index >= 15 is 0 Å². The predicted octanol–water partition coefficient (Wildman–Crippen LogP) is 2.52. The van der Waals surface area contributed by atoms with E-state index in [0.717, 1.165) is 5.56 Å². The molecule has 0 spiro atoms. The second-order valence-electron chi connectivity index (χ2n) is 4.91. The van der Waals surface area contributed by atoms with Crippen LogP contribution in [0.25, 0.3) is 0 Å². The number of hydrogen-bond acceptors (Lipinski definition) is 3. The summed E-state index contributed by atoms with van der Waals surface area (Å²) in [5.41, 5.74) is 2.13. The van der Waals surface area contributed by atoms with Crippen LogP contribution in [0.2, 0.25) is 0 Å². The van der Waals surface area contributed by atoms with Gasteiger partial charge >= 0.3 is 5.97 Å². The molecule has 0 saturated carbocycles. The van der Waals surface area contributed by atoms with Gasteiger partial charge in [0.1, 0.15) is 5.69 Å². The molecule has 1 heterocycles. The van der Waals surface area contributed by atoms with Gasteiger partial charge in [0.2, 0.25) is 0 Å². The number of carbonyl (C=O) groups is 2. The van der Waals surface area contributed by atoms with Gasteiger partial charge in [0.15, 0.2) is 6.10 Å². The molecule has 0 bridgehead atoms. The first-order valence-corrected chi connectivity index (χ1v) is 6.67. The fourth-order valence-corrected chi connectivity index (χ4v) is 1.91. The Hall–Kier alpha value is -2.56. The first kappa shape index (κ1) is 14.8. The lowest BCUT2D eigenvalue weighted by Gasteiger charge is -2.14. The van der Waals surface area contributed by atoms with Crippen molar-refractivity contribution >= 4 is 17.6 Å². The van der Waals surface area contributed by atoms with Crippen molar-refractivity contribution < 1.29 is 14.3 Å². The molecule has 1 aromatic heterocycles. The predicted molar refractivity (Wildman–Crippen MR) is 80.1 cm³/mol. The van der Waals surface area contributed by atoms with Crippen molar-refractivity contribution in [2.75, 3.05) is 5.32 Å². The normalized spacial score (nSPS) is 11.8. The molecule has 1 aromatic carbocycles. The van der Waals surface area contributed by atoms with Crippen LogP contribution < -0.4 is 5.32 Å². The van der Waals surface area contributed by atoms with Crippen LogP contribution in [0, 0.1) is 6.92 Å². The summed E-state index contributed by atoms with van der Waals surface area (Å²) in [7, 11) is 1.74. The monoisotopic (exact) mass is 286 g/mol. The third kappa shape index (κ3) is 3.72. The number of hydrogen-bond donors (Lipinski definition) is 1. The first-order valence-electron chi connectivity index (χ1n) is 6.67. The molecule has 5 nitrogen and oxygen atoms in total. The van der Waals surface area contributed by atoms with Gasteiger partial charge in [-0.25, -0.2) is 4.79 Å². The summed E-state index contributed by atoms with van der Waals surface area (Å²) in [5.74, 6) is -0.877. The molecule has 21 heavy (non-hydrogen) atoms. The largest absolute Gasteiger partial charge is 0.448 e. The SMILES string of the molecule is Cc1cccc(NC(=O)[C@@H](C)OC(=O)c2cccn2C)c1. The van der Waals surface area contributed by atoms with Crippen LogP contribution in [0.3, 0.4) is 0 Å². The van der Waals surface area contributed by atoms with Crippen molar-refractivity contribution in [1.82, 2.24) is 4.57 Å². The first-order chi connectivity index (χ1) is 9.97. The summed E-state index contributed by atoms with van der Waals surface area (Å²) >= 11 is 0. The van der Waals surface area contributed by atoms with Crippen molar-refractivity contribution in [3.8, 4) is 0 Å². The van der Waals surface area contributed by atoms with E-state index in [-0.39, 0.29) is 5.91 Å². The van der Waals surface area contributed by atoms with Gasteiger partial charge in [-0.3, -0.25) is 4.79 Å². The zero-order valence-electron chi connectivity index (χ0n) is 12.3. The van der Waals surface area contributed by atoms with Gasteiger partial charge in [-0.2, -0.15) is 0 Å². The van der Waals surface area contributed by atoms with Crippen LogP contribution in [0.1, 0.15) is 23.0 Å². The minimum Gasteiger partial charge on any atom is -0.448 e. The van der Waals surface area contributed by atoms with E-state index in [4.69, 9.17) is 4.74 Å². The number of ether oxygens (including phenoxy) is 1. The minimum absolute atomic E-state index is 0.358. The molecule has 110 valence electrons. The lowest BCUT2D eigenvalue weighted by molar-refractivity contribution is -0.123. The third-order valence-corrected chi connectivity index (χ3v) is 3.09. The Bertz CT molecular complexity index is 661. The summed E-state index contributed by atoms with van der Waals surface area (Å²) in [6, 6.07) is 10.8. The molecule has 2 aromatic rings. The van der Waals surface area contributed by atoms with Crippen molar-refractivity contribution in [3.05, 3.63) is 53.9 Å². The number of esters is 1. The smallest absolute Gasteiger partial charge is 0.355 e. The van der Waals surface area contributed by atoms with E-state index < -0.39 is 12.1 Å². The summed E-state index contributed by atoms with van der Waals surface area (Å²) in [5, 5.41) is 2.72. The number of aryl methyl sites for hydroxylation is 2. The Morgan fingerprint density at radius 3 is 2.62 bits per heavy atom. The van der Waals surface area contributed by atoms with E-state index in [2.05, 4.69) is 5.32 Å². The van der Waals surface area contributed by atoms with Gasteiger partial charge in [-0.1, -0.05) is 12.1 Å². The highest BCUT2D eigenvalue weighted by Gasteiger charge is 2.20. The van der Waals surface area contributed by atoms with E-state index in [1.165, 1.54) is 0 Å². The van der Waals surface area contributed by atoms with Crippen LogP contribution in [0.15, 0.2) is 42.6 Å².